The molecule has 1 aromatic heterocycles. The zero-order valence-electron chi connectivity index (χ0n) is 14.4. The zero-order valence-corrected chi connectivity index (χ0v) is 15.2. The topological polar surface area (TPSA) is 86.9 Å². The van der Waals surface area contributed by atoms with Crippen LogP contribution in [0.3, 0.4) is 0 Å². The predicted molar refractivity (Wildman–Crippen MR) is 99.8 cm³/mol. The highest BCUT2D eigenvalue weighted by Gasteiger charge is 2.21. The third-order valence-corrected chi connectivity index (χ3v) is 5.71. The van der Waals surface area contributed by atoms with Crippen LogP contribution in [0.25, 0.3) is 11.0 Å². The van der Waals surface area contributed by atoms with Gasteiger partial charge in [0.1, 0.15) is 5.82 Å². The number of carbonyl (C=O) groups is 2. The van der Waals surface area contributed by atoms with Gasteiger partial charge in [0, 0.05) is 5.92 Å². The van der Waals surface area contributed by atoms with Crippen molar-refractivity contribution in [1.29, 1.82) is 0 Å². The third-order valence-electron chi connectivity index (χ3n) is 4.56. The summed E-state index contributed by atoms with van der Waals surface area (Å²) >= 11 is 1.48. The maximum Gasteiger partial charge on any atom is 0.248 e. The Balaban J connectivity index is 1.42. The van der Waals surface area contributed by atoms with Crippen LogP contribution in [0, 0.1) is 5.92 Å². The number of nitrogens with zero attached hydrogens (tertiary/aromatic N) is 1. The third kappa shape index (κ3) is 4.75. The van der Waals surface area contributed by atoms with Gasteiger partial charge in [0.15, 0.2) is 0 Å². The van der Waals surface area contributed by atoms with Gasteiger partial charge in [0.05, 0.1) is 22.0 Å². The maximum atomic E-state index is 12.0. The molecule has 0 aliphatic heterocycles. The number of hydrogen-bond donors (Lipinski definition) is 3. The van der Waals surface area contributed by atoms with Gasteiger partial charge in [-0.15, -0.1) is 11.8 Å². The van der Waals surface area contributed by atoms with E-state index in [1.807, 2.05) is 31.2 Å². The summed E-state index contributed by atoms with van der Waals surface area (Å²) in [5.41, 5.74) is 7.00. The number of aromatic nitrogens is 2. The number of aromatic amines is 1. The van der Waals surface area contributed by atoms with Gasteiger partial charge in [-0.25, -0.2) is 4.98 Å². The molecule has 7 heteroatoms. The molecule has 3 N–H and O–H groups in total. The molecule has 1 saturated carbocycles. The fourth-order valence-corrected chi connectivity index (χ4v) is 3.82. The van der Waals surface area contributed by atoms with Crippen LogP contribution in [0.1, 0.15) is 50.1 Å². The molecule has 1 aliphatic carbocycles. The number of amides is 2. The van der Waals surface area contributed by atoms with E-state index in [-0.39, 0.29) is 28.7 Å². The monoisotopic (exact) mass is 360 g/mol. The van der Waals surface area contributed by atoms with Crippen molar-refractivity contribution in [2.75, 3.05) is 5.75 Å². The largest absolute Gasteiger partial charge is 0.341 e. The lowest BCUT2D eigenvalue weighted by atomic mass is 9.89. The number of hydrogen-bond acceptors (Lipinski definition) is 4. The van der Waals surface area contributed by atoms with E-state index in [1.54, 1.807) is 0 Å². The summed E-state index contributed by atoms with van der Waals surface area (Å²) in [7, 11) is 0. The molecule has 1 fully saturated rings. The lowest BCUT2D eigenvalue weighted by Gasteiger charge is -2.20. The Labute approximate surface area is 151 Å². The number of nitrogens with one attached hydrogen (secondary N) is 3. The number of imidazole rings is 1. The number of thioether (sulfide) groups is 1. The van der Waals surface area contributed by atoms with E-state index in [9.17, 15) is 9.59 Å². The van der Waals surface area contributed by atoms with Crippen LogP contribution >= 0.6 is 11.8 Å². The van der Waals surface area contributed by atoms with Crippen molar-refractivity contribution in [1.82, 2.24) is 20.8 Å². The Hall–Kier alpha value is -2.02. The molecule has 0 radical (unpaired) electrons. The highest BCUT2D eigenvalue weighted by molar-refractivity contribution is 8.00. The summed E-state index contributed by atoms with van der Waals surface area (Å²) < 4.78 is 0. The fraction of sp³-hybridized carbons (Fsp3) is 0.500. The van der Waals surface area contributed by atoms with Gasteiger partial charge in [-0.3, -0.25) is 20.4 Å². The smallest absolute Gasteiger partial charge is 0.248 e. The van der Waals surface area contributed by atoms with Gasteiger partial charge in [0.25, 0.3) is 0 Å². The molecule has 2 aromatic rings. The molecule has 1 atom stereocenters. The van der Waals surface area contributed by atoms with Crippen molar-refractivity contribution >= 4 is 34.6 Å². The van der Waals surface area contributed by atoms with Gasteiger partial charge in [-0.05, 0) is 31.9 Å². The van der Waals surface area contributed by atoms with Gasteiger partial charge < -0.3 is 4.98 Å². The average Bonchev–Trinajstić information content (AvgIpc) is 3.09. The number of hydrazine groups is 1. The van der Waals surface area contributed by atoms with E-state index in [1.165, 1.54) is 18.2 Å². The molecule has 0 saturated heterocycles. The summed E-state index contributed by atoms with van der Waals surface area (Å²) in [5, 5.41) is 0.0622. The molecule has 1 aliphatic rings. The first kappa shape index (κ1) is 17.8. The van der Waals surface area contributed by atoms with Gasteiger partial charge in [-0.2, -0.15) is 0 Å². The summed E-state index contributed by atoms with van der Waals surface area (Å²) in [6.45, 7) is 2.01. The normalized spacial score (nSPS) is 16.5. The molecule has 0 spiro atoms. The number of rotatable bonds is 5. The second-order valence-electron chi connectivity index (χ2n) is 6.46. The van der Waals surface area contributed by atoms with E-state index < -0.39 is 0 Å². The second kappa shape index (κ2) is 8.38. The number of benzene rings is 1. The standard InChI is InChI=1S/C18H24N4O2S/c1-12(17-19-14-9-5-6-10-15(14)20-17)25-11-16(23)21-22-18(24)13-7-3-2-4-8-13/h5-6,9-10,12-13H,2-4,7-8,11H2,1H3,(H,19,20)(H,21,23)(H,22,24)/t12-/m0/s1. The fourth-order valence-electron chi connectivity index (χ4n) is 3.08. The van der Waals surface area contributed by atoms with Gasteiger partial charge >= 0.3 is 0 Å². The minimum atomic E-state index is -0.197. The van der Waals surface area contributed by atoms with Crippen molar-refractivity contribution < 1.29 is 9.59 Å². The van der Waals surface area contributed by atoms with E-state index in [2.05, 4.69) is 20.8 Å². The quantitative estimate of drug-likeness (QED) is 0.715. The van der Waals surface area contributed by atoms with E-state index in [0.29, 0.717) is 0 Å². The first-order valence-corrected chi connectivity index (χ1v) is 9.83. The lowest BCUT2D eigenvalue weighted by molar-refractivity contribution is -0.131. The van der Waals surface area contributed by atoms with Crippen LogP contribution < -0.4 is 10.9 Å². The van der Waals surface area contributed by atoms with Crippen LogP contribution in [-0.4, -0.2) is 27.5 Å². The van der Waals surface area contributed by atoms with Crippen LogP contribution in [0.2, 0.25) is 0 Å². The highest BCUT2D eigenvalue weighted by Crippen LogP contribution is 2.27. The van der Waals surface area contributed by atoms with Crippen molar-refractivity contribution in [3.05, 3.63) is 30.1 Å². The molecule has 1 heterocycles. The Morgan fingerprint density at radius 1 is 1.24 bits per heavy atom. The van der Waals surface area contributed by atoms with Crippen LogP contribution in [0.4, 0.5) is 0 Å². The van der Waals surface area contributed by atoms with Crippen molar-refractivity contribution in [3.63, 3.8) is 0 Å². The summed E-state index contributed by atoms with van der Waals surface area (Å²) in [4.78, 5) is 31.8. The molecule has 2 amide bonds. The van der Waals surface area contributed by atoms with Crippen LogP contribution in [-0.2, 0) is 9.59 Å². The SMILES string of the molecule is C[C@H](SCC(=O)NNC(=O)C1CCCCC1)c1nc2ccccc2[nH]1. The highest BCUT2D eigenvalue weighted by atomic mass is 32.2. The Kier molecular flexibility index (Phi) is 5.96. The summed E-state index contributed by atoms with van der Waals surface area (Å²) in [6.07, 6.45) is 5.22. The molecule has 0 bridgehead atoms. The Morgan fingerprint density at radius 3 is 2.76 bits per heavy atom. The molecule has 25 heavy (non-hydrogen) atoms. The first-order valence-electron chi connectivity index (χ1n) is 8.78. The maximum absolute atomic E-state index is 12.0. The van der Waals surface area contributed by atoms with E-state index in [0.717, 1.165) is 42.5 Å². The summed E-state index contributed by atoms with van der Waals surface area (Å²) in [6, 6.07) is 7.86. The number of fused-ring (bicyclic) bond motifs is 1. The molecule has 0 unspecified atom stereocenters. The second-order valence-corrected chi connectivity index (χ2v) is 7.79. The molecule has 3 rings (SSSR count). The predicted octanol–water partition coefficient (Wildman–Crippen LogP) is 3.08. The van der Waals surface area contributed by atoms with Gasteiger partial charge in [-0.1, -0.05) is 31.4 Å². The van der Waals surface area contributed by atoms with Crippen molar-refractivity contribution in [2.24, 2.45) is 5.92 Å². The zero-order chi connectivity index (χ0) is 17.6. The van der Waals surface area contributed by atoms with Crippen LogP contribution in [0.5, 0.6) is 0 Å². The average molecular weight is 360 g/mol. The lowest BCUT2D eigenvalue weighted by Crippen LogP contribution is -2.45. The number of H-pyrrole nitrogens is 1. The molecular weight excluding hydrogens is 336 g/mol. The summed E-state index contributed by atoms with van der Waals surface area (Å²) in [5.74, 6) is 0.894. The number of para-hydroxylation sites is 2. The van der Waals surface area contributed by atoms with Gasteiger partial charge in [0.2, 0.25) is 11.8 Å². The molecule has 6 nitrogen and oxygen atoms in total. The molecule has 1 aromatic carbocycles. The van der Waals surface area contributed by atoms with Crippen molar-refractivity contribution in [3.8, 4) is 0 Å². The first-order chi connectivity index (χ1) is 12.1. The minimum Gasteiger partial charge on any atom is -0.341 e. The minimum absolute atomic E-state index is 0.0381. The van der Waals surface area contributed by atoms with Crippen LogP contribution in [0.15, 0.2) is 24.3 Å². The molecule has 134 valence electrons. The number of carbonyl (C=O) groups excluding carboxylic acids is 2. The van der Waals surface area contributed by atoms with E-state index in [4.69, 9.17) is 0 Å². The van der Waals surface area contributed by atoms with Crippen molar-refractivity contribution in [2.45, 2.75) is 44.3 Å². The Bertz CT molecular complexity index is 707. The van der Waals surface area contributed by atoms with E-state index >= 15 is 0 Å². The Morgan fingerprint density at radius 2 is 2.00 bits per heavy atom. The molecular formula is C18H24N4O2S.